The molecule has 0 aliphatic carbocycles. The van der Waals surface area contributed by atoms with Crippen LogP contribution in [0.4, 0.5) is 11.4 Å². The van der Waals surface area contributed by atoms with Gasteiger partial charge < -0.3 is 15.0 Å². The third-order valence-electron chi connectivity index (χ3n) is 5.00. The maximum atomic E-state index is 12.6. The van der Waals surface area contributed by atoms with Gasteiger partial charge in [-0.2, -0.15) is 5.26 Å². The predicted molar refractivity (Wildman–Crippen MR) is 112 cm³/mol. The number of benzene rings is 2. The van der Waals surface area contributed by atoms with Crippen LogP contribution in [0.1, 0.15) is 30.4 Å². The zero-order valence-electron chi connectivity index (χ0n) is 16.4. The van der Waals surface area contributed by atoms with E-state index in [9.17, 15) is 10.1 Å². The smallest absolute Gasteiger partial charge is 0.266 e. The van der Waals surface area contributed by atoms with Crippen LogP contribution in [0.5, 0.6) is 5.75 Å². The number of nitriles is 1. The molecular formula is C23H25N3O2. The lowest BCUT2D eigenvalue weighted by Gasteiger charge is -2.29. The molecular weight excluding hydrogens is 350 g/mol. The summed E-state index contributed by atoms with van der Waals surface area (Å²) < 4.78 is 5.53. The Hall–Kier alpha value is -3.26. The van der Waals surface area contributed by atoms with Crippen molar-refractivity contribution in [3.05, 3.63) is 59.2 Å². The first-order valence-corrected chi connectivity index (χ1v) is 9.54. The van der Waals surface area contributed by atoms with E-state index in [-0.39, 0.29) is 5.57 Å². The molecule has 1 heterocycles. The quantitative estimate of drug-likeness (QED) is 0.615. The van der Waals surface area contributed by atoms with E-state index < -0.39 is 5.91 Å². The van der Waals surface area contributed by atoms with Gasteiger partial charge in [0.2, 0.25) is 0 Å². The molecule has 1 fully saturated rings. The summed E-state index contributed by atoms with van der Waals surface area (Å²) >= 11 is 0. The summed E-state index contributed by atoms with van der Waals surface area (Å²) in [7, 11) is 1.60. The molecule has 2 aromatic rings. The number of ether oxygens (including phenoxy) is 1. The highest BCUT2D eigenvalue weighted by atomic mass is 16.5. The Bertz CT molecular complexity index is 922. The van der Waals surface area contributed by atoms with Gasteiger partial charge >= 0.3 is 0 Å². The number of carbonyl (C=O) groups is 1. The third-order valence-corrected chi connectivity index (χ3v) is 5.00. The fourth-order valence-electron chi connectivity index (χ4n) is 3.37. The number of aryl methyl sites for hydroxylation is 1. The number of nitrogens with zero attached hydrogens (tertiary/aromatic N) is 2. The number of hydrogen-bond acceptors (Lipinski definition) is 4. The molecule has 0 atom stereocenters. The van der Waals surface area contributed by atoms with Crippen LogP contribution in [-0.4, -0.2) is 26.1 Å². The molecule has 0 aromatic heterocycles. The van der Waals surface area contributed by atoms with Gasteiger partial charge in [-0.1, -0.05) is 18.2 Å². The molecule has 28 heavy (non-hydrogen) atoms. The highest BCUT2D eigenvalue weighted by molar-refractivity contribution is 6.10. The summed E-state index contributed by atoms with van der Waals surface area (Å²) in [6.45, 7) is 4.00. The van der Waals surface area contributed by atoms with Crippen molar-refractivity contribution in [2.45, 2.75) is 26.2 Å². The summed E-state index contributed by atoms with van der Waals surface area (Å²) in [5, 5.41) is 12.3. The topological polar surface area (TPSA) is 65.4 Å². The number of methoxy groups -OCH3 is 1. The van der Waals surface area contributed by atoms with E-state index in [1.165, 1.54) is 19.3 Å². The number of anilines is 2. The largest absolute Gasteiger partial charge is 0.496 e. The van der Waals surface area contributed by atoms with Crippen molar-refractivity contribution in [1.29, 1.82) is 5.26 Å². The maximum absolute atomic E-state index is 12.6. The Morgan fingerprint density at radius 1 is 1.18 bits per heavy atom. The number of para-hydroxylation sites is 1. The molecule has 1 amide bonds. The summed E-state index contributed by atoms with van der Waals surface area (Å²) in [5.74, 6) is 0.221. The van der Waals surface area contributed by atoms with Gasteiger partial charge in [0.15, 0.2) is 0 Å². The highest BCUT2D eigenvalue weighted by Crippen LogP contribution is 2.29. The summed E-state index contributed by atoms with van der Waals surface area (Å²) in [5.41, 5.74) is 3.49. The number of hydrogen-bond donors (Lipinski definition) is 1. The molecule has 0 spiro atoms. The van der Waals surface area contributed by atoms with Gasteiger partial charge in [0.05, 0.1) is 7.11 Å². The summed E-state index contributed by atoms with van der Waals surface area (Å²) in [6.07, 6.45) is 5.24. The Kier molecular flexibility index (Phi) is 6.33. The number of amides is 1. The van der Waals surface area contributed by atoms with Crippen LogP contribution in [0.3, 0.4) is 0 Å². The zero-order valence-corrected chi connectivity index (χ0v) is 16.4. The molecule has 0 saturated carbocycles. The minimum Gasteiger partial charge on any atom is -0.496 e. The lowest BCUT2D eigenvalue weighted by molar-refractivity contribution is -0.112. The van der Waals surface area contributed by atoms with E-state index in [1.807, 2.05) is 55.5 Å². The lowest BCUT2D eigenvalue weighted by atomic mass is 10.1. The van der Waals surface area contributed by atoms with Gasteiger partial charge in [-0.15, -0.1) is 0 Å². The molecule has 0 unspecified atom stereocenters. The van der Waals surface area contributed by atoms with E-state index in [4.69, 9.17) is 4.74 Å². The van der Waals surface area contributed by atoms with Gasteiger partial charge in [-0.3, -0.25) is 4.79 Å². The number of nitrogens with one attached hydrogen (secondary N) is 1. The molecule has 5 nitrogen and oxygen atoms in total. The second kappa shape index (κ2) is 9.09. The van der Waals surface area contributed by atoms with Gasteiger partial charge in [0.25, 0.3) is 5.91 Å². The molecule has 5 heteroatoms. The third kappa shape index (κ3) is 4.52. The predicted octanol–water partition coefficient (Wildman–Crippen LogP) is 4.54. The fourth-order valence-corrected chi connectivity index (χ4v) is 3.37. The van der Waals surface area contributed by atoms with Crippen LogP contribution in [0.2, 0.25) is 0 Å². The van der Waals surface area contributed by atoms with E-state index in [2.05, 4.69) is 10.2 Å². The first kappa shape index (κ1) is 19.5. The van der Waals surface area contributed by atoms with E-state index in [1.54, 1.807) is 13.2 Å². The average Bonchev–Trinajstić information content (AvgIpc) is 2.74. The Balaban J connectivity index is 1.84. The van der Waals surface area contributed by atoms with Gasteiger partial charge in [0, 0.05) is 36.1 Å². The van der Waals surface area contributed by atoms with Crippen LogP contribution in [0.15, 0.2) is 48.0 Å². The standard InChI is InChI=1S/C23H25N3O2/c1-17-8-4-5-9-21(17)25-23(27)19(16-24)14-18-10-11-20(15-22(18)28-2)26-12-6-3-7-13-26/h4-5,8-11,14-15H,3,6-7,12-13H2,1-2H3,(H,25,27)/b19-14-. The number of rotatable bonds is 5. The second-order valence-electron chi connectivity index (χ2n) is 6.91. The van der Waals surface area contributed by atoms with Crippen LogP contribution in [0.25, 0.3) is 6.08 Å². The van der Waals surface area contributed by atoms with Crippen molar-refractivity contribution in [2.24, 2.45) is 0 Å². The first-order chi connectivity index (χ1) is 13.6. The maximum Gasteiger partial charge on any atom is 0.266 e. The fraction of sp³-hybridized carbons (Fsp3) is 0.304. The molecule has 2 aromatic carbocycles. The van der Waals surface area contributed by atoms with Crippen molar-refractivity contribution in [2.75, 3.05) is 30.4 Å². The van der Waals surface area contributed by atoms with Crippen molar-refractivity contribution in [3.63, 3.8) is 0 Å². The minimum absolute atomic E-state index is 0.0345. The molecule has 1 aliphatic heterocycles. The van der Waals surface area contributed by atoms with Crippen LogP contribution in [-0.2, 0) is 4.79 Å². The molecule has 3 rings (SSSR count). The Labute approximate surface area is 166 Å². The summed E-state index contributed by atoms with van der Waals surface area (Å²) in [6, 6.07) is 15.4. The van der Waals surface area contributed by atoms with Crippen molar-refractivity contribution in [3.8, 4) is 11.8 Å². The number of piperidine rings is 1. The normalized spacial score (nSPS) is 14.3. The molecule has 1 aliphatic rings. The van der Waals surface area contributed by atoms with E-state index in [0.717, 1.165) is 24.3 Å². The SMILES string of the molecule is COc1cc(N2CCCCC2)ccc1/C=C(/C#N)C(=O)Nc1ccccc1C. The molecule has 1 N–H and O–H groups in total. The highest BCUT2D eigenvalue weighted by Gasteiger charge is 2.15. The minimum atomic E-state index is -0.432. The van der Waals surface area contributed by atoms with Crippen LogP contribution in [0, 0.1) is 18.3 Å². The molecule has 144 valence electrons. The Morgan fingerprint density at radius 3 is 2.61 bits per heavy atom. The number of carbonyl (C=O) groups excluding carboxylic acids is 1. The molecule has 0 bridgehead atoms. The monoisotopic (exact) mass is 375 g/mol. The molecule has 0 radical (unpaired) electrons. The van der Waals surface area contributed by atoms with Crippen LogP contribution >= 0.6 is 0 Å². The van der Waals surface area contributed by atoms with Crippen molar-refractivity contribution < 1.29 is 9.53 Å². The van der Waals surface area contributed by atoms with Crippen molar-refractivity contribution in [1.82, 2.24) is 0 Å². The zero-order chi connectivity index (χ0) is 19.9. The molecule has 1 saturated heterocycles. The van der Waals surface area contributed by atoms with Gasteiger partial charge in [0.1, 0.15) is 17.4 Å². The van der Waals surface area contributed by atoms with Crippen LogP contribution < -0.4 is 15.0 Å². The van der Waals surface area contributed by atoms with Crippen molar-refractivity contribution >= 4 is 23.4 Å². The van der Waals surface area contributed by atoms with Gasteiger partial charge in [-0.25, -0.2) is 0 Å². The summed E-state index contributed by atoms with van der Waals surface area (Å²) in [4.78, 5) is 14.9. The lowest BCUT2D eigenvalue weighted by Crippen LogP contribution is -2.29. The van der Waals surface area contributed by atoms with E-state index in [0.29, 0.717) is 17.0 Å². The first-order valence-electron chi connectivity index (χ1n) is 9.54. The Morgan fingerprint density at radius 2 is 1.93 bits per heavy atom. The second-order valence-corrected chi connectivity index (χ2v) is 6.91. The average molecular weight is 375 g/mol. The van der Waals surface area contributed by atoms with E-state index >= 15 is 0 Å². The van der Waals surface area contributed by atoms with Gasteiger partial charge in [-0.05, 0) is 56.0 Å².